The Morgan fingerprint density at radius 1 is 1.13 bits per heavy atom. The Bertz CT molecular complexity index is 1020. The van der Waals surface area contributed by atoms with Gasteiger partial charge in [0, 0.05) is 5.69 Å². The van der Waals surface area contributed by atoms with E-state index in [0.29, 0.717) is 0 Å². The van der Waals surface area contributed by atoms with E-state index in [4.69, 9.17) is 10.5 Å². The van der Waals surface area contributed by atoms with Gasteiger partial charge in [0.05, 0.1) is 11.6 Å². The van der Waals surface area contributed by atoms with Gasteiger partial charge in [-0.2, -0.15) is 8.42 Å². The fourth-order valence-corrected chi connectivity index (χ4v) is 3.70. The van der Waals surface area contributed by atoms with Crippen LogP contribution >= 0.6 is 0 Å². The number of aromatic hydroxyl groups is 1. The van der Waals surface area contributed by atoms with Gasteiger partial charge in [-0.1, -0.05) is 44.2 Å². The molecule has 0 saturated heterocycles. The van der Waals surface area contributed by atoms with Crippen molar-refractivity contribution in [1.82, 2.24) is 5.32 Å². The fourth-order valence-electron chi connectivity index (χ4n) is 2.89. The Balaban J connectivity index is 2.30. The van der Waals surface area contributed by atoms with Crippen LogP contribution in [0.5, 0.6) is 5.75 Å². The average molecular weight is 436 g/mol. The maximum absolute atomic E-state index is 13.1. The van der Waals surface area contributed by atoms with Crippen LogP contribution in [0.4, 0.5) is 10.5 Å². The Hall–Kier alpha value is -3.11. The lowest BCUT2D eigenvalue weighted by Crippen LogP contribution is -2.42. The highest BCUT2D eigenvalue weighted by Crippen LogP contribution is 2.32. The van der Waals surface area contributed by atoms with Crippen LogP contribution < -0.4 is 11.1 Å². The van der Waals surface area contributed by atoms with Crippen molar-refractivity contribution >= 4 is 27.7 Å². The number of ether oxygens (including phenoxy) is 1. The molecule has 0 spiro atoms. The van der Waals surface area contributed by atoms with Gasteiger partial charge in [0.25, 0.3) is 10.1 Å². The van der Waals surface area contributed by atoms with E-state index in [1.165, 1.54) is 0 Å². The number of hydrogen-bond acceptors (Lipinski definition) is 7. The number of phenols is 1. The van der Waals surface area contributed by atoms with Crippen LogP contribution in [-0.4, -0.2) is 36.0 Å². The Labute approximate surface area is 174 Å². The second-order valence-corrected chi connectivity index (χ2v) is 8.46. The Morgan fingerprint density at radius 3 is 2.33 bits per heavy atom. The second kappa shape index (κ2) is 9.59. The molecule has 10 heteroatoms. The third kappa shape index (κ3) is 5.94. The lowest BCUT2D eigenvalue weighted by molar-refractivity contribution is 0.0899. The van der Waals surface area contributed by atoms with Gasteiger partial charge in [-0.25, -0.2) is 4.79 Å². The third-order valence-corrected chi connectivity index (χ3v) is 5.13. The van der Waals surface area contributed by atoms with E-state index in [9.17, 15) is 27.7 Å². The molecule has 2 aromatic rings. The molecule has 2 rings (SSSR count). The number of ketones is 1. The molecule has 0 fully saturated rings. The monoisotopic (exact) mass is 436 g/mol. The molecule has 30 heavy (non-hydrogen) atoms. The summed E-state index contributed by atoms with van der Waals surface area (Å²) in [4.78, 5) is 24.3. The summed E-state index contributed by atoms with van der Waals surface area (Å²) in [5.74, 6) is -1.77. The van der Waals surface area contributed by atoms with Crippen molar-refractivity contribution in [2.45, 2.75) is 37.8 Å². The van der Waals surface area contributed by atoms with Gasteiger partial charge < -0.3 is 20.9 Å². The molecule has 0 aromatic heterocycles. The lowest BCUT2D eigenvalue weighted by Gasteiger charge is -2.21. The van der Waals surface area contributed by atoms with Crippen molar-refractivity contribution in [3.8, 4) is 5.75 Å². The topological polar surface area (TPSA) is 156 Å². The molecule has 0 aliphatic rings. The van der Waals surface area contributed by atoms with Gasteiger partial charge in [-0.3, -0.25) is 9.35 Å². The van der Waals surface area contributed by atoms with E-state index < -0.39 is 44.2 Å². The van der Waals surface area contributed by atoms with E-state index >= 15 is 0 Å². The van der Waals surface area contributed by atoms with Crippen LogP contribution in [0.3, 0.4) is 0 Å². The number of nitrogens with one attached hydrogen (secondary N) is 1. The average Bonchev–Trinajstić information content (AvgIpc) is 2.66. The number of nitrogens with two attached hydrogens (primary N) is 1. The molecule has 0 aliphatic heterocycles. The van der Waals surface area contributed by atoms with E-state index in [1.807, 2.05) is 6.07 Å². The number of carbonyl (C=O) groups is 2. The van der Waals surface area contributed by atoms with Crippen LogP contribution in [0.1, 0.15) is 36.2 Å². The van der Waals surface area contributed by atoms with Gasteiger partial charge in [0.1, 0.15) is 17.3 Å². The lowest BCUT2D eigenvalue weighted by atomic mass is 9.95. The maximum atomic E-state index is 13.1. The number of nitrogen functional groups attached to an aromatic ring is 1. The first-order valence-electron chi connectivity index (χ1n) is 9.11. The Kier molecular flexibility index (Phi) is 7.41. The van der Waals surface area contributed by atoms with Crippen molar-refractivity contribution < 1.29 is 32.4 Å². The van der Waals surface area contributed by atoms with E-state index in [-0.39, 0.29) is 24.6 Å². The Morgan fingerprint density at radius 2 is 1.77 bits per heavy atom. The molecule has 0 saturated carbocycles. The predicted molar refractivity (Wildman–Crippen MR) is 110 cm³/mol. The molecule has 162 valence electrons. The number of phenolic OH excluding ortho intramolecular Hbond substituents is 1. The zero-order valence-electron chi connectivity index (χ0n) is 16.5. The SMILES string of the molecule is CC(C)C[C@H](NC(=O)OCc1ccccc1)C(=O)c1c(N)ccc(O)c1S(=O)(=O)O. The number of rotatable bonds is 8. The summed E-state index contributed by atoms with van der Waals surface area (Å²) in [7, 11) is -4.96. The molecule has 1 amide bonds. The molecular weight excluding hydrogens is 412 g/mol. The highest BCUT2D eigenvalue weighted by molar-refractivity contribution is 7.86. The molecule has 9 nitrogen and oxygen atoms in total. The summed E-state index contributed by atoms with van der Waals surface area (Å²) in [6, 6.07) is 9.79. The first kappa shape index (κ1) is 23.2. The van der Waals surface area contributed by atoms with Gasteiger partial charge in [0.15, 0.2) is 5.78 Å². The zero-order valence-corrected chi connectivity index (χ0v) is 17.3. The summed E-state index contributed by atoms with van der Waals surface area (Å²) < 4.78 is 38.1. The molecule has 0 heterocycles. The second-order valence-electron chi connectivity index (χ2n) is 7.11. The van der Waals surface area contributed by atoms with Gasteiger partial charge >= 0.3 is 6.09 Å². The van der Waals surface area contributed by atoms with Gasteiger partial charge in [-0.15, -0.1) is 0 Å². The van der Waals surface area contributed by atoms with E-state index in [2.05, 4.69) is 5.32 Å². The van der Waals surface area contributed by atoms with Crippen molar-refractivity contribution in [3.63, 3.8) is 0 Å². The molecule has 0 aliphatic carbocycles. The largest absolute Gasteiger partial charge is 0.506 e. The number of benzene rings is 2. The van der Waals surface area contributed by atoms with Crippen LogP contribution in [0, 0.1) is 5.92 Å². The molecule has 0 unspecified atom stereocenters. The smallest absolute Gasteiger partial charge is 0.408 e. The van der Waals surface area contributed by atoms with Crippen LogP contribution in [-0.2, 0) is 21.5 Å². The molecule has 0 bridgehead atoms. The minimum Gasteiger partial charge on any atom is -0.506 e. The summed E-state index contributed by atoms with van der Waals surface area (Å²) in [5.41, 5.74) is 5.66. The van der Waals surface area contributed by atoms with Crippen LogP contribution in [0.25, 0.3) is 0 Å². The number of hydrogen-bond donors (Lipinski definition) is 4. The fraction of sp³-hybridized carbons (Fsp3) is 0.300. The van der Waals surface area contributed by atoms with Gasteiger partial charge in [-0.05, 0) is 30.0 Å². The number of carbonyl (C=O) groups excluding carboxylic acids is 2. The summed E-state index contributed by atoms with van der Waals surface area (Å²) in [6.07, 6.45) is -0.746. The van der Waals surface area contributed by atoms with Crippen LogP contribution in [0.15, 0.2) is 47.4 Å². The normalized spacial score (nSPS) is 12.4. The molecule has 5 N–H and O–H groups in total. The summed E-state index contributed by atoms with van der Waals surface area (Å²) in [5, 5.41) is 12.3. The minimum atomic E-state index is -4.96. The molecule has 2 aromatic carbocycles. The highest BCUT2D eigenvalue weighted by atomic mass is 32.2. The first-order chi connectivity index (χ1) is 14.0. The third-order valence-electron chi connectivity index (χ3n) is 4.20. The van der Waals surface area contributed by atoms with Crippen LogP contribution in [0.2, 0.25) is 0 Å². The summed E-state index contributed by atoms with van der Waals surface area (Å²) >= 11 is 0. The molecule has 0 radical (unpaired) electrons. The minimum absolute atomic E-state index is 0.0280. The number of amides is 1. The van der Waals surface area contributed by atoms with Crippen molar-refractivity contribution in [3.05, 3.63) is 53.6 Å². The number of Topliss-reactive ketones (excluding diaryl/α,β-unsaturated/α-hetero) is 1. The molecular formula is C20H24N2O7S. The van der Waals surface area contributed by atoms with Crippen molar-refractivity contribution in [2.24, 2.45) is 5.92 Å². The molecule has 1 atom stereocenters. The van der Waals surface area contributed by atoms with Crippen molar-refractivity contribution in [2.75, 3.05) is 5.73 Å². The van der Waals surface area contributed by atoms with Gasteiger partial charge in [0.2, 0.25) is 0 Å². The number of alkyl carbamates (subject to hydrolysis) is 1. The number of anilines is 1. The van der Waals surface area contributed by atoms with E-state index in [0.717, 1.165) is 17.7 Å². The maximum Gasteiger partial charge on any atom is 0.408 e. The quantitative estimate of drug-likeness (QED) is 0.213. The van der Waals surface area contributed by atoms with Crippen molar-refractivity contribution in [1.29, 1.82) is 0 Å². The highest BCUT2D eigenvalue weighted by Gasteiger charge is 2.32. The summed E-state index contributed by atoms with van der Waals surface area (Å²) in [6.45, 7) is 3.57. The zero-order chi connectivity index (χ0) is 22.5. The predicted octanol–water partition coefficient (Wildman–Crippen LogP) is 2.74. The van der Waals surface area contributed by atoms with E-state index in [1.54, 1.807) is 38.1 Å². The first-order valence-corrected chi connectivity index (χ1v) is 10.5. The standard InChI is InChI=1S/C20H24N2O7S/c1-12(2)10-15(22-20(25)29-11-13-6-4-3-5-7-13)18(24)17-14(21)8-9-16(23)19(17)30(26,27)28/h3-9,12,15,23H,10-11,21H2,1-2H3,(H,22,25)(H,26,27,28)/t15-/m0/s1.